The van der Waals surface area contributed by atoms with Crippen LogP contribution in [0.15, 0.2) is 52.6 Å². The monoisotopic (exact) mass is 569 g/mol. The van der Waals surface area contributed by atoms with Gasteiger partial charge >= 0.3 is 6.61 Å². The Hall–Kier alpha value is -2.06. The van der Waals surface area contributed by atoms with Gasteiger partial charge in [0.25, 0.3) is 0 Å². The average molecular weight is 569 g/mol. The average Bonchev–Trinajstić information content (AvgIpc) is 2.71. The van der Waals surface area contributed by atoms with Gasteiger partial charge in [0.15, 0.2) is 5.96 Å². The molecule has 2 aromatic rings. The van der Waals surface area contributed by atoms with E-state index in [-0.39, 0.29) is 54.3 Å². The van der Waals surface area contributed by atoms with Crippen LogP contribution in [0.4, 0.5) is 8.78 Å². The molecule has 31 heavy (non-hydrogen) atoms. The summed E-state index contributed by atoms with van der Waals surface area (Å²) < 4.78 is 56.6. The number of hydrogen-bond donors (Lipinski definition) is 3. The van der Waals surface area contributed by atoms with Crippen molar-refractivity contribution < 1.29 is 21.9 Å². The van der Waals surface area contributed by atoms with Crippen LogP contribution in [0.2, 0.25) is 0 Å². The van der Waals surface area contributed by atoms with Crippen molar-refractivity contribution in [1.29, 1.82) is 0 Å². The van der Waals surface area contributed by atoms with Gasteiger partial charge in [0.2, 0.25) is 10.0 Å². The highest BCUT2D eigenvalue weighted by molar-refractivity contribution is 14.0. The maximum Gasteiger partial charge on any atom is 0.387 e. The number of ether oxygens (including phenoxy) is 1. The van der Waals surface area contributed by atoms with Crippen LogP contribution in [0, 0.1) is 6.92 Å². The summed E-state index contributed by atoms with van der Waals surface area (Å²) in [5.74, 6) is 0.488. The highest BCUT2D eigenvalue weighted by atomic mass is 127. The summed E-state index contributed by atoms with van der Waals surface area (Å²) >= 11 is 0. The van der Waals surface area contributed by atoms with E-state index in [1.165, 1.54) is 24.5 Å². The predicted molar refractivity (Wildman–Crippen MR) is 125 cm³/mol. The Balaban J connectivity index is 0.00000480. The lowest BCUT2D eigenvalue weighted by Crippen LogP contribution is -2.41. The Bertz CT molecular complexity index is 947. The zero-order valence-corrected chi connectivity index (χ0v) is 20.3. The number of pyridine rings is 1. The van der Waals surface area contributed by atoms with Gasteiger partial charge in [-0.3, -0.25) is 4.98 Å². The zero-order chi connectivity index (χ0) is 22.0. The molecule has 0 saturated carbocycles. The minimum Gasteiger partial charge on any atom is -0.434 e. The number of guanidine groups is 1. The summed E-state index contributed by atoms with van der Waals surface area (Å²) in [4.78, 5) is 8.24. The molecule has 0 radical (unpaired) electrons. The van der Waals surface area contributed by atoms with Crippen LogP contribution >= 0.6 is 24.0 Å². The topological polar surface area (TPSA) is 105 Å². The predicted octanol–water partition coefficient (Wildman–Crippen LogP) is 2.64. The lowest BCUT2D eigenvalue weighted by Gasteiger charge is -2.13. The number of nitrogens with zero attached hydrogens (tertiary/aromatic N) is 2. The zero-order valence-electron chi connectivity index (χ0n) is 17.1. The fourth-order valence-electron chi connectivity index (χ4n) is 2.50. The third kappa shape index (κ3) is 9.31. The largest absolute Gasteiger partial charge is 0.434 e. The summed E-state index contributed by atoms with van der Waals surface area (Å²) in [6, 6.07) is 7.89. The number of halogens is 3. The smallest absolute Gasteiger partial charge is 0.387 e. The fourth-order valence-corrected chi connectivity index (χ4v) is 3.50. The first-order chi connectivity index (χ1) is 14.3. The molecule has 0 atom stereocenters. The molecular formula is C19H26F2IN5O3S. The van der Waals surface area contributed by atoms with E-state index >= 15 is 0 Å². The molecular weight excluding hydrogens is 543 g/mol. The second-order valence-electron chi connectivity index (χ2n) is 6.20. The number of alkyl halides is 2. The third-order valence-electron chi connectivity index (χ3n) is 3.84. The van der Waals surface area contributed by atoms with Gasteiger partial charge in [-0.25, -0.2) is 18.1 Å². The van der Waals surface area contributed by atoms with Crippen LogP contribution in [0.5, 0.6) is 5.75 Å². The number of rotatable bonds is 10. The number of aliphatic imine (C=N–C) groups is 1. The Kier molecular flexibility index (Phi) is 11.6. The van der Waals surface area contributed by atoms with Crippen LogP contribution in [0.3, 0.4) is 0 Å². The maximum absolute atomic E-state index is 12.6. The van der Waals surface area contributed by atoms with Crippen LogP contribution in [0.25, 0.3) is 0 Å². The van der Waals surface area contributed by atoms with Gasteiger partial charge < -0.3 is 15.4 Å². The molecule has 0 aliphatic rings. The first kappa shape index (κ1) is 27.0. The number of aryl methyl sites for hydroxylation is 1. The molecule has 1 aromatic heterocycles. The van der Waals surface area contributed by atoms with Gasteiger partial charge in [-0.2, -0.15) is 8.78 Å². The van der Waals surface area contributed by atoms with Crippen molar-refractivity contribution in [3.8, 4) is 5.75 Å². The second kappa shape index (κ2) is 13.4. The molecule has 1 heterocycles. The first-order valence-corrected chi connectivity index (χ1v) is 10.8. The van der Waals surface area contributed by atoms with Crippen molar-refractivity contribution in [2.45, 2.75) is 31.9 Å². The minimum absolute atomic E-state index is 0. The molecule has 0 aliphatic heterocycles. The molecule has 3 N–H and O–H groups in total. The number of sulfonamides is 1. The molecule has 2 rings (SSSR count). The number of aromatic nitrogens is 1. The van der Waals surface area contributed by atoms with Gasteiger partial charge in [0.05, 0.1) is 6.54 Å². The summed E-state index contributed by atoms with van der Waals surface area (Å²) in [6.45, 7) is 1.86. The van der Waals surface area contributed by atoms with E-state index in [1.54, 1.807) is 18.2 Å². The summed E-state index contributed by atoms with van der Waals surface area (Å²) in [7, 11) is -3.65. The van der Waals surface area contributed by atoms with Gasteiger partial charge in [-0.15, -0.1) is 24.0 Å². The molecule has 0 aliphatic carbocycles. The van der Waals surface area contributed by atoms with Crippen LogP contribution in [-0.4, -0.2) is 45.6 Å². The van der Waals surface area contributed by atoms with Gasteiger partial charge in [-0.05, 0) is 32.0 Å². The molecule has 0 fully saturated rings. The Morgan fingerprint density at radius 3 is 2.65 bits per heavy atom. The highest BCUT2D eigenvalue weighted by Crippen LogP contribution is 2.22. The van der Waals surface area contributed by atoms with E-state index in [2.05, 4.69) is 30.1 Å². The molecule has 8 nitrogen and oxygen atoms in total. The van der Waals surface area contributed by atoms with Gasteiger partial charge in [0.1, 0.15) is 10.6 Å². The summed E-state index contributed by atoms with van der Waals surface area (Å²) in [5, 5.41) is 6.02. The van der Waals surface area contributed by atoms with E-state index < -0.39 is 16.6 Å². The van der Waals surface area contributed by atoms with E-state index in [1.807, 2.05) is 13.8 Å². The van der Waals surface area contributed by atoms with Crippen molar-refractivity contribution in [3.05, 3.63) is 53.9 Å². The molecule has 0 unspecified atom stereocenters. The van der Waals surface area contributed by atoms with E-state index in [0.29, 0.717) is 18.1 Å². The number of hydrogen-bond acceptors (Lipinski definition) is 5. The molecule has 172 valence electrons. The third-order valence-corrected chi connectivity index (χ3v) is 5.28. The first-order valence-electron chi connectivity index (χ1n) is 9.28. The van der Waals surface area contributed by atoms with E-state index in [9.17, 15) is 17.2 Å². The van der Waals surface area contributed by atoms with E-state index in [0.717, 1.165) is 5.56 Å². The minimum atomic E-state index is -3.65. The van der Waals surface area contributed by atoms with Crippen molar-refractivity contribution in [2.75, 3.05) is 19.6 Å². The van der Waals surface area contributed by atoms with Crippen LogP contribution in [0.1, 0.15) is 18.1 Å². The van der Waals surface area contributed by atoms with Crippen LogP contribution < -0.4 is 20.1 Å². The molecule has 0 spiro atoms. The second-order valence-corrected chi connectivity index (χ2v) is 7.97. The molecule has 12 heteroatoms. The molecule has 0 saturated heterocycles. The highest BCUT2D eigenvalue weighted by Gasteiger charge is 2.13. The normalized spacial score (nSPS) is 11.7. The summed E-state index contributed by atoms with van der Waals surface area (Å²) in [5.41, 5.74) is 1.41. The maximum atomic E-state index is 12.6. The lowest BCUT2D eigenvalue weighted by molar-refractivity contribution is -0.0504. The Morgan fingerprint density at radius 1 is 1.23 bits per heavy atom. The van der Waals surface area contributed by atoms with Crippen molar-refractivity contribution >= 4 is 40.0 Å². The number of nitrogens with one attached hydrogen (secondary N) is 3. The Labute approximate surface area is 198 Å². The van der Waals surface area contributed by atoms with Gasteiger partial charge in [0, 0.05) is 37.6 Å². The van der Waals surface area contributed by atoms with Crippen molar-refractivity contribution in [2.24, 2.45) is 4.99 Å². The summed E-state index contributed by atoms with van der Waals surface area (Å²) in [6.07, 6.45) is 2.76. The molecule has 0 amide bonds. The number of benzene rings is 1. The molecule has 1 aromatic carbocycles. The fraction of sp³-hybridized carbons (Fsp3) is 0.368. The SMILES string of the molecule is CCNC(=NCc1cc(C)ccc1OC(F)F)NCCNS(=O)(=O)c1cccnc1.I. The lowest BCUT2D eigenvalue weighted by atomic mass is 10.1. The van der Waals surface area contributed by atoms with E-state index in [4.69, 9.17) is 0 Å². The molecule has 0 bridgehead atoms. The van der Waals surface area contributed by atoms with Crippen molar-refractivity contribution in [1.82, 2.24) is 20.3 Å². The Morgan fingerprint density at radius 2 is 2.00 bits per heavy atom. The quantitative estimate of drug-likeness (QED) is 0.176. The standard InChI is InChI=1S/C19H25F2N5O3S.HI/c1-3-23-19(24-9-10-26-30(27,28)16-5-4-8-22-13-16)25-12-15-11-14(2)6-7-17(15)29-18(20)21;/h4-8,11,13,18,26H,3,9-10,12H2,1-2H3,(H2,23,24,25);1H. The van der Waals surface area contributed by atoms with Crippen LogP contribution in [-0.2, 0) is 16.6 Å². The van der Waals surface area contributed by atoms with Crippen molar-refractivity contribution in [3.63, 3.8) is 0 Å². The van der Waals surface area contributed by atoms with Gasteiger partial charge in [-0.1, -0.05) is 17.7 Å².